The fourth-order valence-electron chi connectivity index (χ4n) is 2.07. The first-order valence-electron chi connectivity index (χ1n) is 5.66. The van der Waals surface area contributed by atoms with Crippen molar-refractivity contribution >= 4 is 21.8 Å². The maximum absolute atomic E-state index is 13.2. The van der Waals surface area contributed by atoms with Gasteiger partial charge in [0.2, 0.25) is 0 Å². The largest absolute Gasteiger partial charge is 0.338 e. The lowest BCUT2D eigenvalue weighted by molar-refractivity contribution is 0.0786. The van der Waals surface area contributed by atoms with E-state index in [0.717, 1.165) is 18.6 Å². The summed E-state index contributed by atoms with van der Waals surface area (Å²) >= 11 is 3.08. The molecule has 98 valence electrons. The van der Waals surface area contributed by atoms with Crippen molar-refractivity contribution < 1.29 is 13.6 Å². The van der Waals surface area contributed by atoms with Crippen LogP contribution in [0.3, 0.4) is 0 Å². The third-order valence-electron chi connectivity index (χ3n) is 3.15. The molecule has 1 fully saturated rings. The van der Waals surface area contributed by atoms with E-state index in [1.165, 1.54) is 0 Å². The van der Waals surface area contributed by atoms with Gasteiger partial charge in [-0.15, -0.1) is 0 Å². The molecule has 1 saturated heterocycles. The first-order valence-corrected chi connectivity index (χ1v) is 6.46. The number of carbonyl (C=O) groups excluding carboxylic acids is 1. The first kappa shape index (κ1) is 13.4. The van der Waals surface area contributed by atoms with Gasteiger partial charge >= 0.3 is 0 Å². The van der Waals surface area contributed by atoms with Gasteiger partial charge in [-0.05, 0) is 46.9 Å². The standard InChI is InChI=1S/C12H13BrF2N2O/c13-9-4-11(15)10(14)3-8(9)12(18)17-2-1-7(5-16)6-17/h3-4,7H,1-2,5-6,16H2. The molecular formula is C12H13BrF2N2O. The van der Waals surface area contributed by atoms with Gasteiger partial charge in [-0.1, -0.05) is 0 Å². The number of hydrogen-bond donors (Lipinski definition) is 1. The Morgan fingerprint density at radius 3 is 2.72 bits per heavy atom. The molecule has 1 aromatic carbocycles. The molecule has 2 N–H and O–H groups in total. The van der Waals surface area contributed by atoms with Crippen molar-refractivity contribution in [2.24, 2.45) is 11.7 Å². The SMILES string of the molecule is NCC1CCN(C(=O)c2cc(F)c(F)cc2Br)C1. The summed E-state index contributed by atoms with van der Waals surface area (Å²) in [5.74, 6) is -1.99. The molecule has 0 aliphatic carbocycles. The van der Waals surface area contributed by atoms with Crippen molar-refractivity contribution in [1.29, 1.82) is 0 Å². The number of carbonyl (C=O) groups is 1. The Morgan fingerprint density at radius 2 is 2.11 bits per heavy atom. The van der Waals surface area contributed by atoms with Crippen molar-refractivity contribution in [3.05, 3.63) is 33.8 Å². The van der Waals surface area contributed by atoms with Gasteiger partial charge in [-0.2, -0.15) is 0 Å². The smallest absolute Gasteiger partial charge is 0.255 e. The molecule has 0 bridgehead atoms. The van der Waals surface area contributed by atoms with E-state index in [0.29, 0.717) is 19.6 Å². The van der Waals surface area contributed by atoms with Crippen LogP contribution in [0.1, 0.15) is 16.8 Å². The van der Waals surface area contributed by atoms with E-state index in [1.54, 1.807) is 4.90 Å². The van der Waals surface area contributed by atoms with Crippen LogP contribution in [0.25, 0.3) is 0 Å². The monoisotopic (exact) mass is 318 g/mol. The van der Waals surface area contributed by atoms with Crippen molar-refractivity contribution in [2.75, 3.05) is 19.6 Å². The number of nitrogens with two attached hydrogens (primary N) is 1. The van der Waals surface area contributed by atoms with Crippen LogP contribution in [0.2, 0.25) is 0 Å². The molecule has 0 saturated carbocycles. The summed E-state index contributed by atoms with van der Waals surface area (Å²) in [7, 11) is 0. The highest BCUT2D eigenvalue weighted by atomic mass is 79.9. The van der Waals surface area contributed by atoms with E-state index in [4.69, 9.17) is 5.73 Å². The van der Waals surface area contributed by atoms with Crippen LogP contribution in [-0.2, 0) is 0 Å². The van der Waals surface area contributed by atoms with Gasteiger partial charge in [0.05, 0.1) is 5.56 Å². The Balaban J connectivity index is 2.22. The lowest BCUT2D eigenvalue weighted by Gasteiger charge is -2.17. The Hall–Kier alpha value is -1.01. The lowest BCUT2D eigenvalue weighted by atomic mass is 10.1. The van der Waals surface area contributed by atoms with Crippen LogP contribution in [0.4, 0.5) is 8.78 Å². The molecule has 1 heterocycles. The molecule has 2 rings (SSSR count). The number of amides is 1. The van der Waals surface area contributed by atoms with Gasteiger partial charge < -0.3 is 10.6 Å². The van der Waals surface area contributed by atoms with E-state index in [-0.39, 0.29) is 21.9 Å². The maximum atomic E-state index is 13.2. The average molecular weight is 319 g/mol. The zero-order valence-electron chi connectivity index (χ0n) is 9.63. The molecule has 1 amide bonds. The predicted molar refractivity (Wildman–Crippen MR) is 67.1 cm³/mol. The van der Waals surface area contributed by atoms with E-state index in [2.05, 4.69) is 15.9 Å². The summed E-state index contributed by atoms with van der Waals surface area (Å²) in [6.07, 6.45) is 0.851. The summed E-state index contributed by atoms with van der Waals surface area (Å²) in [5, 5.41) is 0. The minimum atomic E-state index is -1.02. The van der Waals surface area contributed by atoms with E-state index >= 15 is 0 Å². The Labute approximate surface area is 112 Å². The Morgan fingerprint density at radius 1 is 1.44 bits per heavy atom. The van der Waals surface area contributed by atoms with Crippen LogP contribution < -0.4 is 5.73 Å². The molecule has 0 aromatic heterocycles. The number of likely N-dealkylation sites (tertiary alicyclic amines) is 1. The van der Waals surface area contributed by atoms with Crippen LogP contribution in [0.15, 0.2) is 16.6 Å². The lowest BCUT2D eigenvalue weighted by Crippen LogP contribution is -2.30. The highest BCUT2D eigenvalue weighted by molar-refractivity contribution is 9.10. The van der Waals surface area contributed by atoms with Crippen LogP contribution in [-0.4, -0.2) is 30.4 Å². The molecule has 18 heavy (non-hydrogen) atoms. The van der Waals surface area contributed by atoms with Crippen molar-refractivity contribution in [1.82, 2.24) is 4.90 Å². The zero-order valence-corrected chi connectivity index (χ0v) is 11.2. The van der Waals surface area contributed by atoms with E-state index in [9.17, 15) is 13.6 Å². The minimum absolute atomic E-state index is 0.145. The first-order chi connectivity index (χ1) is 8.52. The second kappa shape index (κ2) is 5.32. The fourth-order valence-corrected chi connectivity index (χ4v) is 2.55. The number of rotatable bonds is 2. The van der Waals surface area contributed by atoms with E-state index < -0.39 is 11.6 Å². The summed E-state index contributed by atoms with van der Waals surface area (Å²) in [4.78, 5) is 13.8. The number of halogens is 3. The quantitative estimate of drug-likeness (QED) is 0.849. The molecule has 0 spiro atoms. The summed E-state index contributed by atoms with van der Waals surface area (Å²) < 4.78 is 26.4. The third-order valence-corrected chi connectivity index (χ3v) is 3.80. The molecule has 1 atom stereocenters. The number of benzene rings is 1. The molecule has 6 heteroatoms. The van der Waals surface area contributed by atoms with Gasteiger partial charge in [0, 0.05) is 17.6 Å². The third kappa shape index (κ3) is 2.54. The second-order valence-corrected chi connectivity index (χ2v) is 5.24. The fraction of sp³-hybridized carbons (Fsp3) is 0.417. The predicted octanol–water partition coefficient (Wildman–Crippen LogP) is 2.15. The number of nitrogens with zero attached hydrogens (tertiary/aromatic N) is 1. The summed E-state index contributed by atoms with van der Waals surface area (Å²) in [6.45, 7) is 1.70. The van der Waals surface area contributed by atoms with Crippen LogP contribution in [0, 0.1) is 17.6 Å². The molecule has 0 radical (unpaired) electrons. The van der Waals surface area contributed by atoms with Crippen LogP contribution >= 0.6 is 15.9 Å². The van der Waals surface area contributed by atoms with Gasteiger partial charge in [-0.3, -0.25) is 4.79 Å². The molecule has 3 nitrogen and oxygen atoms in total. The van der Waals surface area contributed by atoms with Crippen LogP contribution in [0.5, 0.6) is 0 Å². The molecule has 1 aliphatic rings. The summed E-state index contributed by atoms with van der Waals surface area (Å²) in [5.41, 5.74) is 5.70. The van der Waals surface area contributed by atoms with Gasteiger partial charge in [0.1, 0.15) is 0 Å². The Bertz CT molecular complexity index is 481. The molecule has 1 unspecified atom stereocenters. The number of hydrogen-bond acceptors (Lipinski definition) is 2. The van der Waals surface area contributed by atoms with E-state index in [1.807, 2.05) is 0 Å². The topological polar surface area (TPSA) is 46.3 Å². The average Bonchev–Trinajstić information content (AvgIpc) is 2.81. The van der Waals surface area contributed by atoms with Crippen molar-refractivity contribution in [3.63, 3.8) is 0 Å². The second-order valence-electron chi connectivity index (χ2n) is 4.39. The van der Waals surface area contributed by atoms with Crippen molar-refractivity contribution in [3.8, 4) is 0 Å². The van der Waals surface area contributed by atoms with Gasteiger partial charge in [-0.25, -0.2) is 8.78 Å². The Kier molecular flexibility index (Phi) is 3.97. The molecule has 1 aromatic rings. The summed E-state index contributed by atoms with van der Waals surface area (Å²) in [6, 6.07) is 1.90. The maximum Gasteiger partial charge on any atom is 0.255 e. The van der Waals surface area contributed by atoms with Gasteiger partial charge in [0.15, 0.2) is 11.6 Å². The zero-order chi connectivity index (χ0) is 13.3. The molecular weight excluding hydrogens is 306 g/mol. The highest BCUT2D eigenvalue weighted by Crippen LogP contribution is 2.24. The van der Waals surface area contributed by atoms with Gasteiger partial charge in [0.25, 0.3) is 5.91 Å². The van der Waals surface area contributed by atoms with Crippen molar-refractivity contribution in [2.45, 2.75) is 6.42 Å². The highest BCUT2D eigenvalue weighted by Gasteiger charge is 2.27. The normalized spacial score (nSPS) is 19.3. The molecule has 1 aliphatic heterocycles. The minimum Gasteiger partial charge on any atom is -0.338 e.